The first-order valence-electron chi connectivity index (χ1n) is 6.46. The van der Waals surface area contributed by atoms with Crippen molar-refractivity contribution in [1.29, 1.82) is 0 Å². The van der Waals surface area contributed by atoms with E-state index in [1.807, 2.05) is 6.92 Å². The Morgan fingerprint density at radius 2 is 2.16 bits per heavy atom. The zero-order valence-corrected chi connectivity index (χ0v) is 10.9. The Hall–Kier alpha value is -1.88. The van der Waals surface area contributed by atoms with Crippen LogP contribution in [0.1, 0.15) is 35.2 Å². The van der Waals surface area contributed by atoms with Crippen LogP contribution in [0.25, 0.3) is 0 Å². The highest BCUT2D eigenvalue weighted by Crippen LogP contribution is 2.18. The molecule has 1 aromatic carbocycles. The van der Waals surface area contributed by atoms with Crippen molar-refractivity contribution in [3.63, 3.8) is 0 Å². The van der Waals surface area contributed by atoms with E-state index in [2.05, 4.69) is 10.6 Å². The highest BCUT2D eigenvalue weighted by Gasteiger charge is 2.22. The second-order valence-electron chi connectivity index (χ2n) is 4.85. The average Bonchev–Trinajstić information content (AvgIpc) is 2.41. The topological polar surface area (TPSA) is 78.4 Å². The summed E-state index contributed by atoms with van der Waals surface area (Å²) in [6.07, 6.45) is 2.89. The number of hydrogen-bond donors (Lipinski definition) is 3. The zero-order chi connectivity index (χ0) is 13.8. The van der Waals surface area contributed by atoms with Gasteiger partial charge in [0.15, 0.2) is 0 Å². The van der Waals surface area contributed by atoms with Gasteiger partial charge in [-0.1, -0.05) is 18.1 Å². The Balaban J connectivity index is 2.13. The summed E-state index contributed by atoms with van der Waals surface area (Å²) < 4.78 is 0. The molecule has 0 spiro atoms. The number of nitrogens with one attached hydrogen (secondary N) is 2. The van der Waals surface area contributed by atoms with E-state index in [-0.39, 0.29) is 17.5 Å². The third kappa shape index (κ3) is 3.32. The molecule has 1 saturated heterocycles. The van der Waals surface area contributed by atoms with Gasteiger partial charge in [0.2, 0.25) is 5.91 Å². The molecule has 0 radical (unpaired) electrons. The third-order valence-electron chi connectivity index (χ3n) is 3.29. The second kappa shape index (κ2) is 5.84. The largest absolute Gasteiger partial charge is 0.478 e. The number of anilines is 1. The molecule has 0 bridgehead atoms. The maximum atomic E-state index is 12.1. The molecule has 0 saturated carbocycles. The molecule has 1 amide bonds. The van der Waals surface area contributed by atoms with Crippen molar-refractivity contribution in [2.45, 2.75) is 32.2 Å². The molecule has 1 unspecified atom stereocenters. The average molecular weight is 262 g/mol. The first-order chi connectivity index (χ1) is 9.08. The lowest BCUT2D eigenvalue weighted by Crippen LogP contribution is -2.43. The minimum absolute atomic E-state index is 0.129. The quantitative estimate of drug-likeness (QED) is 0.775. The number of piperidine rings is 1. The van der Waals surface area contributed by atoms with E-state index in [1.165, 1.54) is 0 Å². The molecule has 3 N–H and O–H groups in total. The van der Waals surface area contributed by atoms with Crippen molar-refractivity contribution in [1.82, 2.24) is 5.32 Å². The maximum absolute atomic E-state index is 12.1. The molecule has 1 fully saturated rings. The lowest BCUT2D eigenvalue weighted by atomic mass is 10.0. The summed E-state index contributed by atoms with van der Waals surface area (Å²) in [5.41, 5.74) is 1.34. The molecule has 5 heteroatoms. The Bertz CT molecular complexity index is 493. The molecule has 5 nitrogen and oxygen atoms in total. The Kier molecular flexibility index (Phi) is 4.16. The third-order valence-corrected chi connectivity index (χ3v) is 3.29. The Morgan fingerprint density at radius 3 is 2.79 bits per heavy atom. The Labute approximate surface area is 112 Å². The normalized spacial score (nSPS) is 18.9. The summed E-state index contributed by atoms with van der Waals surface area (Å²) in [5, 5.41) is 15.0. The van der Waals surface area contributed by atoms with Crippen molar-refractivity contribution in [2.24, 2.45) is 0 Å². The van der Waals surface area contributed by atoms with E-state index in [4.69, 9.17) is 5.11 Å². The van der Waals surface area contributed by atoms with Crippen LogP contribution in [0, 0.1) is 6.92 Å². The lowest BCUT2D eigenvalue weighted by Gasteiger charge is -2.22. The molecular weight excluding hydrogens is 244 g/mol. The van der Waals surface area contributed by atoms with E-state index in [9.17, 15) is 9.59 Å². The number of carboxylic acid groups (broad SMARTS) is 1. The molecule has 102 valence electrons. The van der Waals surface area contributed by atoms with Crippen LogP contribution in [0.3, 0.4) is 0 Å². The molecule has 1 heterocycles. The SMILES string of the molecule is Cc1ccc(NC(=O)C2CCCCN2)c(C(=O)O)c1. The van der Waals surface area contributed by atoms with Gasteiger partial charge in [-0.25, -0.2) is 4.79 Å². The predicted octanol–water partition coefficient (Wildman–Crippen LogP) is 1.77. The van der Waals surface area contributed by atoms with Crippen molar-refractivity contribution < 1.29 is 14.7 Å². The van der Waals surface area contributed by atoms with Crippen LogP contribution >= 0.6 is 0 Å². The van der Waals surface area contributed by atoms with Gasteiger partial charge >= 0.3 is 5.97 Å². The van der Waals surface area contributed by atoms with Crippen LogP contribution in [-0.2, 0) is 4.79 Å². The molecular formula is C14H18N2O3. The van der Waals surface area contributed by atoms with Crippen molar-refractivity contribution >= 4 is 17.6 Å². The van der Waals surface area contributed by atoms with Gasteiger partial charge in [-0.3, -0.25) is 4.79 Å². The summed E-state index contributed by atoms with van der Waals surface area (Å²) in [4.78, 5) is 23.2. The highest BCUT2D eigenvalue weighted by atomic mass is 16.4. The van der Waals surface area contributed by atoms with Gasteiger partial charge in [0, 0.05) is 0 Å². The lowest BCUT2D eigenvalue weighted by molar-refractivity contribution is -0.118. The van der Waals surface area contributed by atoms with E-state index in [0.717, 1.165) is 31.4 Å². The van der Waals surface area contributed by atoms with Gasteiger partial charge in [0.25, 0.3) is 0 Å². The van der Waals surface area contributed by atoms with Crippen LogP contribution < -0.4 is 10.6 Å². The van der Waals surface area contributed by atoms with Gasteiger partial charge in [0.1, 0.15) is 0 Å². The molecule has 19 heavy (non-hydrogen) atoms. The number of benzene rings is 1. The second-order valence-corrected chi connectivity index (χ2v) is 4.85. The molecule has 0 aromatic heterocycles. The Morgan fingerprint density at radius 1 is 1.37 bits per heavy atom. The highest BCUT2D eigenvalue weighted by molar-refractivity contribution is 6.02. The number of carbonyl (C=O) groups excluding carboxylic acids is 1. The number of carbonyl (C=O) groups is 2. The van der Waals surface area contributed by atoms with Crippen molar-refractivity contribution in [3.8, 4) is 0 Å². The van der Waals surface area contributed by atoms with E-state index >= 15 is 0 Å². The number of rotatable bonds is 3. The molecule has 1 aliphatic rings. The number of carboxylic acids is 1. The van der Waals surface area contributed by atoms with Crippen LogP contribution in [0.2, 0.25) is 0 Å². The fraction of sp³-hybridized carbons (Fsp3) is 0.429. The van der Waals surface area contributed by atoms with Crippen LogP contribution in [0.4, 0.5) is 5.69 Å². The fourth-order valence-corrected chi connectivity index (χ4v) is 2.24. The zero-order valence-electron chi connectivity index (χ0n) is 10.9. The molecule has 1 atom stereocenters. The number of aryl methyl sites for hydroxylation is 1. The van der Waals surface area contributed by atoms with Gasteiger partial charge in [0.05, 0.1) is 17.3 Å². The minimum atomic E-state index is -1.03. The van der Waals surface area contributed by atoms with Gasteiger partial charge in [-0.2, -0.15) is 0 Å². The van der Waals surface area contributed by atoms with Crippen molar-refractivity contribution in [3.05, 3.63) is 29.3 Å². The number of aromatic carboxylic acids is 1. The van der Waals surface area contributed by atoms with Crippen LogP contribution in [0.5, 0.6) is 0 Å². The van der Waals surface area contributed by atoms with Crippen LogP contribution in [-0.4, -0.2) is 29.6 Å². The minimum Gasteiger partial charge on any atom is -0.478 e. The standard InChI is InChI=1S/C14H18N2O3/c1-9-5-6-11(10(8-9)14(18)19)16-13(17)12-4-2-3-7-15-12/h5-6,8,12,15H,2-4,7H2,1H3,(H,16,17)(H,18,19). The van der Waals surface area contributed by atoms with Crippen LogP contribution in [0.15, 0.2) is 18.2 Å². The number of amides is 1. The maximum Gasteiger partial charge on any atom is 0.337 e. The first kappa shape index (κ1) is 13.5. The molecule has 1 aromatic rings. The molecule has 0 aliphatic carbocycles. The van der Waals surface area contributed by atoms with E-state index in [1.54, 1.807) is 18.2 Å². The van der Waals surface area contributed by atoms with E-state index < -0.39 is 5.97 Å². The summed E-state index contributed by atoms with van der Waals surface area (Å²) >= 11 is 0. The fourth-order valence-electron chi connectivity index (χ4n) is 2.24. The number of hydrogen-bond acceptors (Lipinski definition) is 3. The first-order valence-corrected chi connectivity index (χ1v) is 6.46. The van der Waals surface area contributed by atoms with Gasteiger partial charge in [-0.05, 0) is 38.4 Å². The smallest absolute Gasteiger partial charge is 0.337 e. The monoisotopic (exact) mass is 262 g/mol. The van der Waals surface area contributed by atoms with Crippen molar-refractivity contribution in [2.75, 3.05) is 11.9 Å². The molecule has 1 aliphatic heterocycles. The van der Waals surface area contributed by atoms with E-state index in [0.29, 0.717) is 5.69 Å². The summed E-state index contributed by atoms with van der Waals surface area (Å²) in [6, 6.07) is 4.76. The van der Waals surface area contributed by atoms with Gasteiger partial charge < -0.3 is 15.7 Å². The summed E-state index contributed by atoms with van der Waals surface area (Å²) in [7, 11) is 0. The predicted molar refractivity (Wildman–Crippen MR) is 72.4 cm³/mol. The van der Waals surface area contributed by atoms with Gasteiger partial charge in [-0.15, -0.1) is 0 Å². The molecule has 2 rings (SSSR count). The summed E-state index contributed by atoms with van der Waals surface area (Å²) in [5.74, 6) is -1.19. The summed E-state index contributed by atoms with van der Waals surface area (Å²) in [6.45, 7) is 2.65.